The molecule has 2 aliphatic rings. The molecule has 0 saturated carbocycles. The van der Waals surface area contributed by atoms with E-state index < -0.39 is 17.5 Å². The molecule has 0 aliphatic carbocycles. The van der Waals surface area contributed by atoms with Crippen LogP contribution in [0.5, 0.6) is 0 Å². The van der Waals surface area contributed by atoms with Crippen LogP contribution in [0.1, 0.15) is 31.4 Å². The number of carbonyl (C=O) groups is 1. The van der Waals surface area contributed by atoms with Crippen LogP contribution < -0.4 is 4.90 Å². The minimum atomic E-state index is -0.806. The van der Waals surface area contributed by atoms with Crippen molar-refractivity contribution < 1.29 is 18.7 Å². The summed E-state index contributed by atoms with van der Waals surface area (Å²) < 4.78 is 25.5. The highest BCUT2D eigenvalue weighted by molar-refractivity contribution is 6.12. The number of nitrogens with zero attached hydrogens (tertiary/aromatic N) is 2. The second kappa shape index (κ2) is 5.36. The van der Waals surface area contributed by atoms with Crippen LogP contribution in [0, 0.1) is 5.82 Å². The van der Waals surface area contributed by atoms with Crippen LogP contribution in [0.4, 0.5) is 15.8 Å². The molecule has 0 radical (unpaired) electrons. The van der Waals surface area contributed by atoms with Gasteiger partial charge in [0.2, 0.25) is 5.91 Å². The van der Waals surface area contributed by atoms with Gasteiger partial charge in [0, 0.05) is 11.8 Å². The molecule has 0 atom stereocenters. The van der Waals surface area contributed by atoms with E-state index in [2.05, 4.69) is 4.98 Å². The van der Waals surface area contributed by atoms with Gasteiger partial charge in [0.05, 0.1) is 35.7 Å². The fourth-order valence-electron chi connectivity index (χ4n) is 3.19. The van der Waals surface area contributed by atoms with Crippen molar-refractivity contribution in [1.29, 1.82) is 0 Å². The van der Waals surface area contributed by atoms with Crippen molar-refractivity contribution in [2.24, 2.45) is 0 Å². The highest BCUT2D eigenvalue weighted by atomic mass is 19.1. The Balaban J connectivity index is 1.84. The number of anilines is 2. The van der Waals surface area contributed by atoms with Gasteiger partial charge in [-0.15, -0.1) is 0 Å². The first-order valence-electron chi connectivity index (χ1n) is 7.83. The normalized spacial score (nSPS) is 19.8. The Kier molecular flexibility index (Phi) is 3.40. The predicted molar refractivity (Wildman–Crippen MR) is 85.5 cm³/mol. The fourth-order valence-corrected chi connectivity index (χ4v) is 3.19. The topological polar surface area (TPSA) is 51.7 Å². The van der Waals surface area contributed by atoms with Crippen LogP contribution in [0.15, 0.2) is 36.5 Å². The Morgan fingerprint density at radius 1 is 1.21 bits per heavy atom. The Labute approximate surface area is 139 Å². The Morgan fingerprint density at radius 3 is 2.71 bits per heavy atom. The number of rotatable bonds is 2. The van der Waals surface area contributed by atoms with Gasteiger partial charge in [-0.3, -0.25) is 14.7 Å². The SMILES string of the molecule is CC1(C)C(=O)N(c2cc(C3OCCO3)ccc2F)c2cccnc21. The third kappa shape index (κ3) is 2.14. The average molecular weight is 328 g/mol. The van der Waals surface area contributed by atoms with E-state index in [1.54, 1.807) is 44.3 Å². The first kappa shape index (κ1) is 15.2. The number of fused-ring (bicyclic) bond motifs is 1. The van der Waals surface area contributed by atoms with Crippen LogP contribution in [0.25, 0.3) is 0 Å². The maximum absolute atomic E-state index is 14.5. The molecular formula is C18H17FN2O3. The lowest BCUT2D eigenvalue weighted by Crippen LogP contribution is -2.34. The maximum Gasteiger partial charge on any atom is 0.243 e. The van der Waals surface area contributed by atoms with Gasteiger partial charge >= 0.3 is 0 Å². The lowest BCUT2D eigenvalue weighted by atomic mass is 9.90. The van der Waals surface area contributed by atoms with Crippen molar-refractivity contribution in [1.82, 2.24) is 4.98 Å². The molecule has 6 heteroatoms. The second-order valence-corrected chi connectivity index (χ2v) is 6.42. The molecule has 1 amide bonds. The Bertz CT molecular complexity index is 816. The highest BCUT2D eigenvalue weighted by Gasteiger charge is 2.46. The molecule has 124 valence electrons. The van der Waals surface area contributed by atoms with Crippen LogP contribution in [0.2, 0.25) is 0 Å². The van der Waals surface area contributed by atoms with E-state index in [1.165, 1.54) is 11.0 Å². The maximum atomic E-state index is 14.5. The number of halogens is 1. The second-order valence-electron chi connectivity index (χ2n) is 6.42. The van der Waals surface area contributed by atoms with Gasteiger partial charge in [-0.25, -0.2) is 4.39 Å². The zero-order valence-corrected chi connectivity index (χ0v) is 13.5. The van der Waals surface area contributed by atoms with E-state index in [-0.39, 0.29) is 11.6 Å². The zero-order chi connectivity index (χ0) is 16.9. The third-order valence-corrected chi connectivity index (χ3v) is 4.46. The van der Waals surface area contributed by atoms with Crippen LogP contribution in [-0.4, -0.2) is 24.1 Å². The van der Waals surface area contributed by atoms with Gasteiger partial charge < -0.3 is 9.47 Å². The summed E-state index contributed by atoms with van der Waals surface area (Å²) in [4.78, 5) is 18.7. The molecule has 1 aromatic carbocycles. The van der Waals surface area contributed by atoms with Gasteiger partial charge in [-0.05, 0) is 38.1 Å². The summed E-state index contributed by atoms with van der Waals surface area (Å²) in [7, 11) is 0. The van der Waals surface area contributed by atoms with Gasteiger partial charge in [-0.2, -0.15) is 0 Å². The smallest absolute Gasteiger partial charge is 0.243 e. The van der Waals surface area contributed by atoms with Crippen molar-refractivity contribution in [2.45, 2.75) is 25.6 Å². The lowest BCUT2D eigenvalue weighted by molar-refractivity contribution is -0.121. The van der Waals surface area contributed by atoms with Crippen LogP contribution in [-0.2, 0) is 19.7 Å². The summed E-state index contributed by atoms with van der Waals surface area (Å²) in [6, 6.07) is 8.09. The predicted octanol–water partition coefficient (Wildman–Crippen LogP) is 3.22. The molecule has 5 nitrogen and oxygen atoms in total. The van der Waals surface area contributed by atoms with Gasteiger partial charge in [0.25, 0.3) is 0 Å². The first-order chi connectivity index (χ1) is 11.5. The molecular weight excluding hydrogens is 311 g/mol. The monoisotopic (exact) mass is 328 g/mol. The summed E-state index contributed by atoms with van der Waals surface area (Å²) in [5.74, 6) is -0.682. The van der Waals surface area contributed by atoms with E-state index in [9.17, 15) is 9.18 Å². The van der Waals surface area contributed by atoms with E-state index in [4.69, 9.17) is 9.47 Å². The molecule has 1 fully saturated rings. The average Bonchev–Trinajstić information content (AvgIpc) is 3.17. The van der Waals surface area contributed by atoms with E-state index in [0.717, 1.165) is 0 Å². The van der Waals surface area contributed by atoms with E-state index in [0.29, 0.717) is 30.2 Å². The van der Waals surface area contributed by atoms with Crippen molar-refractivity contribution in [3.63, 3.8) is 0 Å². The van der Waals surface area contributed by atoms with E-state index in [1.807, 2.05) is 0 Å². The molecule has 0 N–H and O–H groups in total. The number of carbonyl (C=O) groups excluding carboxylic acids is 1. The lowest BCUT2D eigenvalue weighted by Gasteiger charge is -2.22. The minimum absolute atomic E-state index is 0.191. The number of amides is 1. The van der Waals surface area contributed by atoms with Crippen molar-refractivity contribution in [3.8, 4) is 0 Å². The standard InChI is InChI=1S/C18H17FN2O3/c1-18(2)15-13(4-3-7-20-15)21(17(18)22)14-10-11(5-6-12(14)19)16-23-8-9-24-16/h3-7,10,16H,8-9H2,1-2H3. The number of hydrogen-bond donors (Lipinski definition) is 0. The fraction of sp³-hybridized carbons (Fsp3) is 0.333. The molecule has 1 saturated heterocycles. The Hall–Kier alpha value is -2.31. The van der Waals surface area contributed by atoms with Gasteiger partial charge in [0.15, 0.2) is 6.29 Å². The van der Waals surface area contributed by atoms with Gasteiger partial charge in [-0.1, -0.05) is 6.07 Å². The van der Waals surface area contributed by atoms with Crippen molar-refractivity contribution in [2.75, 3.05) is 18.1 Å². The zero-order valence-electron chi connectivity index (χ0n) is 13.5. The van der Waals surface area contributed by atoms with Crippen molar-refractivity contribution in [3.05, 3.63) is 53.6 Å². The summed E-state index contributed by atoms with van der Waals surface area (Å²) in [6.45, 7) is 4.60. The summed E-state index contributed by atoms with van der Waals surface area (Å²) >= 11 is 0. The van der Waals surface area contributed by atoms with Crippen molar-refractivity contribution >= 4 is 17.3 Å². The summed E-state index contributed by atoms with van der Waals surface area (Å²) in [6.07, 6.45) is 1.12. The van der Waals surface area contributed by atoms with Gasteiger partial charge in [0.1, 0.15) is 5.82 Å². The molecule has 0 spiro atoms. The molecule has 2 aliphatic heterocycles. The quantitative estimate of drug-likeness (QED) is 0.849. The number of benzene rings is 1. The molecule has 24 heavy (non-hydrogen) atoms. The summed E-state index contributed by atoms with van der Waals surface area (Å²) in [5, 5.41) is 0. The molecule has 1 aromatic heterocycles. The summed E-state index contributed by atoms with van der Waals surface area (Å²) in [5.41, 5.74) is 1.33. The number of hydrogen-bond acceptors (Lipinski definition) is 4. The molecule has 3 heterocycles. The molecule has 4 rings (SSSR count). The van der Waals surface area contributed by atoms with Crippen LogP contribution in [0.3, 0.4) is 0 Å². The molecule has 0 unspecified atom stereocenters. The van der Waals surface area contributed by atoms with E-state index >= 15 is 0 Å². The third-order valence-electron chi connectivity index (χ3n) is 4.46. The Morgan fingerprint density at radius 2 is 1.96 bits per heavy atom. The largest absolute Gasteiger partial charge is 0.346 e. The molecule has 0 bridgehead atoms. The first-order valence-corrected chi connectivity index (χ1v) is 7.83. The minimum Gasteiger partial charge on any atom is -0.346 e. The molecule has 2 aromatic rings. The number of aromatic nitrogens is 1. The highest BCUT2D eigenvalue weighted by Crippen LogP contribution is 2.45. The number of pyridine rings is 1. The van der Waals surface area contributed by atoms with Crippen LogP contribution >= 0.6 is 0 Å². The number of ether oxygens (including phenoxy) is 2.